The molecule has 0 saturated carbocycles. The van der Waals surface area contributed by atoms with Crippen LogP contribution in [0, 0.1) is 0 Å². The molecule has 3 aromatic carbocycles. The van der Waals surface area contributed by atoms with Crippen LogP contribution in [0.1, 0.15) is 30.8 Å². The molecule has 1 heterocycles. The van der Waals surface area contributed by atoms with Gasteiger partial charge in [-0.2, -0.15) is 0 Å². The van der Waals surface area contributed by atoms with Crippen molar-refractivity contribution in [1.82, 2.24) is 10.3 Å². The molecule has 1 amide bonds. The van der Waals surface area contributed by atoms with Crippen LogP contribution in [0.3, 0.4) is 0 Å². The van der Waals surface area contributed by atoms with Crippen LogP contribution in [0.15, 0.2) is 77.3 Å². The van der Waals surface area contributed by atoms with Gasteiger partial charge in [0.2, 0.25) is 5.91 Å². The van der Waals surface area contributed by atoms with E-state index >= 15 is 0 Å². The number of hydrogen-bond acceptors (Lipinski definition) is 3. The predicted molar refractivity (Wildman–Crippen MR) is 116 cm³/mol. The second kappa shape index (κ2) is 8.50. The topological polar surface area (TPSA) is 55.1 Å². The first-order valence-corrected chi connectivity index (χ1v) is 9.95. The van der Waals surface area contributed by atoms with Gasteiger partial charge in [0, 0.05) is 23.4 Å². The van der Waals surface area contributed by atoms with E-state index < -0.39 is 0 Å². The third kappa shape index (κ3) is 4.66. The number of aromatic nitrogens is 1. The summed E-state index contributed by atoms with van der Waals surface area (Å²) in [5.41, 5.74) is 1.99. The fraction of sp³-hybridized carbons (Fsp3) is 0.167. The molecule has 146 valence electrons. The lowest BCUT2D eigenvalue weighted by atomic mass is 10.0. The summed E-state index contributed by atoms with van der Waals surface area (Å²) in [7, 11) is 0. The van der Waals surface area contributed by atoms with E-state index in [9.17, 15) is 4.79 Å². The largest absolute Gasteiger partial charge is 0.441 e. The molecule has 0 aliphatic heterocycles. The number of amides is 1. The summed E-state index contributed by atoms with van der Waals surface area (Å²) in [6, 6.07) is 21.8. The Balaban J connectivity index is 1.34. The molecule has 0 saturated heterocycles. The minimum absolute atomic E-state index is 0.0306. The molecule has 1 N–H and O–H groups in total. The van der Waals surface area contributed by atoms with Crippen LogP contribution >= 0.6 is 11.6 Å². The van der Waals surface area contributed by atoms with E-state index in [0.717, 1.165) is 11.1 Å². The summed E-state index contributed by atoms with van der Waals surface area (Å²) in [6.07, 6.45) is 2.44. The molecule has 0 radical (unpaired) electrons. The number of carbonyl (C=O) groups is 1. The highest BCUT2D eigenvalue weighted by atomic mass is 35.5. The van der Waals surface area contributed by atoms with Crippen molar-refractivity contribution in [1.29, 1.82) is 0 Å². The van der Waals surface area contributed by atoms with Crippen molar-refractivity contribution in [3.8, 4) is 11.3 Å². The number of oxazole rings is 1. The minimum atomic E-state index is -0.0682. The molecular formula is C24H21ClN2O2. The minimum Gasteiger partial charge on any atom is -0.441 e. The Labute approximate surface area is 174 Å². The number of rotatable bonds is 6. The molecule has 0 unspecified atom stereocenters. The Morgan fingerprint density at radius 2 is 1.83 bits per heavy atom. The highest BCUT2D eigenvalue weighted by molar-refractivity contribution is 6.30. The first-order chi connectivity index (χ1) is 14.1. The van der Waals surface area contributed by atoms with E-state index in [4.69, 9.17) is 16.0 Å². The molecule has 29 heavy (non-hydrogen) atoms. The van der Waals surface area contributed by atoms with E-state index in [-0.39, 0.29) is 11.9 Å². The van der Waals surface area contributed by atoms with Crippen molar-refractivity contribution >= 4 is 28.3 Å². The quantitative estimate of drug-likeness (QED) is 0.431. The molecule has 5 heteroatoms. The summed E-state index contributed by atoms with van der Waals surface area (Å²) < 4.78 is 5.76. The number of carbonyl (C=O) groups excluding carboxylic acids is 1. The zero-order valence-electron chi connectivity index (χ0n) is 16.1. The van der Waals surface area contributed by atoms with Crippen molar-refractivity contribution in [2.24, 2.45) is 0 Å². The molecule has 1 atom stereocenters. The predicted octanol–water partition coefficient (Wildman–Crippen LogP) is 5.96. The molecule has 4 aromatic rings. The van der Waals surface area contributed by atoms with Crippen LogP contribution in [0.25, 0.3) is 22.1 Å². The Morgan fingerprint density at radius 1 is 1.07 bits per heavy atom. The third-order valence-corrected chi connectivity index (χ3v) is 5.15. The maximum absolute atomic E-state index is 12.4. The van der Waals surface area contributed by atoms with Crippen molar-refractivity contribution in [2.75, 3.05) is 0 Å². The van der Waals surface area contributed by atoms with Crippen molar-refractivity contribution in [3.05, 3.63) is 89.4 Å². The summed E-state index contributed by atoms with van der Waals surface area (Å²) in [5, 5.41) is 6.08. The molecule has 0 fully saturated rings. The monoisotopic (exact) mass is 404 g/mol. The lowest BCUT2D eigenvalue weighted by molar-refractivity contribution is -0.121. The lowest BCUT2D eigenvalue weighted by Gasteiger charge is -2.15. The Bertz CT molecular complexity index is 1140. The van der Waals surface area contributed by atoms with E-state index in [2.05, 4.69) is 40.6 Å². The van der Waals surface area contributed by atoms with Gasteiger partial charge in [-0.15, -0.1) is 0 Å². The maximum atomic E-state index is 12.4. The summed E-state index contributed by atoms with van der Waals surface area (Å²) >= 11 is 5.91. The van der Waals surface area contributed by atoms with Crippen LogP contribution in [0.5, 0.6) is 0 Å². The zero-order valence-corrected chi connectivity index (χ0v) is 16.8. The van der Waals surface area contributed by atoms with E-state index in [1.807, 2.05) is 31.2 Å². The highest BCUT2D eigenvalue weighted by Crippen LogP contribution is 2.23. The van der Waals surface area contributed by atoms with Gasteiger partial charge < -0.3 is 9.73 Å². The number of aryl methyl sites for hydroxylation is 1. The Kier molecular flexibility index (Phi) is 5.63. The second-order valence-electron chi connectivity index (χ2n) is 7.02. The molecule has 0 aliphatic rings. The smallest absolute Gasteiger partial charge is 0.220 e. The van der Waals surface area contributed by atoms with Gasteiger partial charge in [-0.1, -0.05) is 48.0 Å². The number of halogens is 1. The first kappa shape index (κ1) is 19.2. The van der Waals surface area contributed by atoms with Gasteiger partial charge in [0.05, 0.1) is 12.2 Å². The van der Waals surface area contributed by atoms with Gasteiger partial charge in [-0.05, 0) is 53.6 Å². The van der Waals surface area contributed by atoms with E-state index in [0.29, 0.717) is 29.5 Å². The fourth-order valence-electron chi connectivity index (χ4n) is 3.27. The average Bonchev–Trinajstić information content (AvgIpc) is 3.21. The lowest BCUT2D eigenvalue weighted by Crippen LogP contribution is -2.26. The van der Waals surface area contributed by atoms with Gasteiger partial charge in [0.25, 0.3) is 0 Å². The van der Waals surface area contributed by atoms with Gasteiger partial charge in [-0.25, -0.2) is 4.98 Å². The average molecular weight is 405 g/mol. The summed E-state index contributed by atoms with van der Waals surface area (Å²) in [4.78, 5) is 16.7. The SMILES string of the molecule is C[C@@H](NC(=O)CCc1ncc(-c2ccc(Cl)cc2)o1)c1ccc2ccccc2c1. The molecule has 0 aliphatic carbocycles. The van der Waals surface area contributed by atoms with Crippen LogP contribution in [0.4, 0.5) is 0 Å². The maximum Gasteiger partial charge on any atom is 0.220 e. The third-order valence-electron chi connectivity index (χ3n) is 4.90. The number of nitrogens with zero attached hydrogens (tertiary/aromatic N) is 1. The van der Waals surface area contributed by atoms with E-state index in [1.54, 1.807) is 18.3 Å². The van der Waals surface area contributed by atoms with Gasteiger partial charge in [0.15, 0.2) is 11.7 Å². The van der Waals surface area contributed by atoms with E-state index in [1.165, 1.54) is 10.8 Å². The zero-order chi connectivity index (χ0) is 20.2. The molecule has 0 bridgehead atoms. The standard InChI is InChI=1S/C24H21ClN2O2/c1-16(19-7-6-17-4-2-3-5-20(17)14-19)27-23(28)12-13-24-26-15-22(29-24)18-8-10-21(25)11-9-18/h2-11,14-16H,12-13H2,1H3,(H,27,28)/t16-/m1/s1. The molecule has 1 aromatic heterocycles. The highest BCUT2D eigenvalue weighted by Gasteiger charge is 2.12. The number of benzene rings is 3. The summed E-state index contributed by atoms with van der Waals surface area (Å²) in [5.74, 6) is 1.18. The van der Waals surface area contributed by atoms with Crippen LogP contribution in [0.2, 0.25) is 5.02 Å². The first-order valence-electron chi connectivity index (χ1n) is 9.57. The van der Waals surface area contributed by atoms with Crippen LogP contribution < -0.4 is 5.32 Å². The normalized spacial score (nSPS) is 12.1. The van der Waals surface area contributed by atoms with Crippen molar-refractivity contribution < 1.29 is 9.21 Å². The Hall–Kier alpha value is -3.11. The fourth-order valence-corrected chi connectivity index (χ4v) is 3.39. The molecular weight excluding hydrogens is 384 g/mol. The second-order valence-corrected chi connectivity index (χ2v) is 7.46. The van der Waals surface area contributed by atoms with Crippen molar-refractivity contribution in [3.63, 3.8) is 0 Å². The van der Waals surface area contributed by atoms with Crippen LogP contribution in [-0.2, 0) is 11.2 Å². The van der Waals surface area contributed by atoms with Crippen molar-refractivity contribution in [2.45, 2.75) is 25.8 Å². The van der Waals surface area contributed by atoms with Gasteiger partial charge in [0.1, 0.15) is 0 Å². The summed E-state index contributed by atoms with van der Waals surface area (Å²) in [6.45, 7) is 1.99. The van der Waals surface area contributed by atoms with Gasteiger partial charge >= 0.3 is 0 Å². The molecule has 4 nitrogen and oxygen atoms in total. The number of fused-ring (bicyclic) bond motifs is 1. The number of hydrogen-bond donors (Lipinski definition) is 1. The van der Waals surface area contributed by atoms with Gasteiger partial charge in [-0.3, -0.25) is 4.79 Å². The molecule has 4 rings (SSSR count). The number of nitrogens with one attached hydrogen (secondary N) is 1. The van der Waals surface area contributed by atoms with Crippen LogP contribution in [-0.4, -0.2) is 10.9 Å². The Morgan fingerprint density at radius 3 is 2.62 bits per heavy atom. The molecule has 0 spiro atoms.